The van der Waals surface area contributed by atoms with Gasteiger partial charge in [-0.1, -0.05) is 46.6 Å². The number of nitrogens with one attached hydrogen (secondary N) is 1. The number of amides is 2. The van der Waals surface area contributed by atoms with Gasteiger partial charge in [0.05, 0.1) is 31.4 Å². The van der Waals surface area contributed by atoms with Crippen LogP contribution >= 0.6 is 11.9 Å². The molecule has 1 N–H and O–H groups in total. The minimum absolute atomic E-state index is 0.0110. The van der Waals surface area contributed by atoms with Crippen molar-refractivity contribution in [2.24, 2.45) is 0 Å². The molecule has 2 atom stereocenters. The summed E-state index contributed by atoms with van der Waals surface area (Å²) >= 11 is 1.43. The van der Waals surface area contributed by atoms with Crippen LogP contribution in [-0.2, 0) is 6.54 Å². The van der Waals surface area contributed by atoms with Gasteiger partial charge in [0.15, 0.2) is 5.69 Å². The molecule has 2 amide bonds. The van der Waals surface area contributed by atoms with E-state index < -0.39 is 0 Å². The summed E-state index contributed by atoms with van der Waals surface area (Å²) in [5.74, 6) is 1.01. The molecule has 290 valence electrons. The Hall–Kier alpha value is -4.02. The van der Waals surface area contributed by atoms with Crippen LogP contribution < -0.4 is 9.46 Å². The minimum Gasteiger partial charge on any atom is -0.497 e. The van der Waals surface area contributed by atoms with Crippen molar-refractivity contribution in [3.05, 3.63) is 70.8 Å². The lowest BCUT2D eigenvalue weighted by Gasteiger charge is -2.30. The molecule has 2 aromatic heterocycles. The lowest BCUT2D eigenvalue weighted by molar-refractivity contribution is 0.0650. The van der Waals surface area contributed by atoms with E-state index in [1.807, 2.05) is 18.5 Å². The molecule has 2 unspecified atom stereocenters. The van der Waals surface area contributed by atoms with E-state index in [0.717, 1.165) is 78.7 Å². The zero-order chi connectivity index (χ0) is 38.8. The van der Waals surface area contributed by atoms with Crippen LogP contribution in [0.2, 0.25) is 0 Å². The van der Waals surface area contributed by atoms with E-state index >= 15 is 0 Å². The Labute approximate surface area is 326 Å². The lowest BCUT2D eigenvalue weighted by Crippen LogP contribution is -2.45. The molecule has 9 nitrogen and oxygen atoms in total. The average molecular weight is 753 g/mol. The highest BCUT2D eigenvalue weighted by atomic mass is 32.2. The summed E-state index contributed by atoms with van der Waals surface area (Å²) in [6, 6.07) is 12.9. The molecule has 0 bridgehead atoms. The van der Waals surface area contributed by atoms with Gasteiger partial charge >= 0.3 is 0 Å². The highest BCUT2D eigenvalue weighted by molar-refractivity contribution is 7.98. The van der Waals surface area contributed by atoms with Gasteiger partial charge in [0.25, 0.3) is 11.8 Å². The molecule has 6 rings (SSSR count). The number of ether oxygens (including phenoxy) is 1. The van der Waals surface area contributed by atoms with Crippen LogP contribution in [0.5, 0.6) is 5.75 Å². The normalized spacial score (nSPS) is 17.1. The summed E-state index contributed by atoms with van der Waals surface area (Å²) in [5.41, 5.74) is 8.69. The van der Waals surface area contributed by atoms with Crippen LogP contribution in [0.1, 0.15) is 137 Å². The molecule has 0 saturated carbocycles. The number of aromatic nitrogens is 3. The van der Waals surface area contributed by atoms with Crippen LogP contribution in [0.25, 0.3) is 33.8 Å². The van der Waals surface area contributed by atoms with Gasteiger partial charge in [-0.3, -0.25) is 14.3 Å². The van der Waals surface area contributed by atoms with Crippen molar-refractivity contribution in [1.82, 2.24) is 28.6 Å². The number of allylic oxidation sites excluding steroid dienone is 1. The van der Waals surface area contributed by atoms with Gasteiger partial charge in [-0.15, -0.1) is 0 Å². The van der Waals surface area contributed by atoms with Crippen LogP contribution in [0.3, 0.4) is 0 Å². The van der Waals surface area contributed by atoms with Gasteiger partial charge < -0.3 is 23.7 Å². The summed E-state index contributed by atoms with van der Waals surface area (Å²) in [6.45, 7) is 16.5. The van der Waals surface area contributed by atoms with Crippen molar-refractivity contribution < 1.29 is 14.3 Å². The molecule has 1 fully saturated rings. The molecule has 0 aliphatic carbocycles. The number of carbonyl (C=O) groups excluding carboxylic acids is 2. The maximum Gasteiger partial charge on any atom is 0.275 e. The van der Waals surface area contributed by atoms with Crippen molar-refractivity contribution in [2.45, 2.75) is 123 Å². The SMILES string of the molecule is CCCC(CCC)c1c2n(c3cc(C(=O)NSC(C)C)ccc13)CC(c1c(C(=O)N3C(C)CCC3CN(C)C)ncn1C(C)C)=Cc1cc(OC)ccc1-2. The molecular formula is C44H60N6O3S. The molecule has 1 saturated heterocycles. The molecule has 2 aliphatic heterocycles. The zero-order valence-electron chi connectivity index (χ0n) is 34.0. The first-order chi connectivity index (χ1) is 25.9. The Kier molecular flexibility index (Phi) is 12.3. The summed E-state index contributed by atoms with van der Waals surface area (Å²) < 4.78 is 13.4. The standard InChI is InChI=1S/C44H60N6O3S/c1-11-13-30(14-12-2)39-37-19-16-31(43(51)46-54-28(5)6)23-38(37)48-24-33(21-32-22-35(53-10)18-20-36(32)42(39)48)41-40(45-26-49(41)27(3)4)44(52)50-29(7)15-17-34(50)25-47(8)9/h16,18-23,26-30,34H,11-15,17,24-25H2,1-10H3,(H,46,51). The van der Waals surface area contributed by atoms with E-state index in [0.29, 0.717) is 23.7 Å². The van der Waals surface area contributed by atoms with Gasteiger partial charge in [-0.05, 0) is 132 Å². The Morgan fingerprint density at radius 3 is 2.41 bits per heavy atom. The molecule has 10 heteroatoms. The van der Waals surface area contributed by atoms with Crippen molar-refractivity contribution in [2.75, 3.05) is 27.7 Å². The fraction of sp³-hybridized carbons (Fsp3) is 0.523. The first-order valence-corrected chi connectivity index (χ1v) is 20.8. The van der Waals surface area contributed by atoms with Crippen LogP contribution in [-0.4, -0.2) is 80.8 Å². The van der Waals surface area contributed by atoms with E-state index in [1.165, 1.54) is 28.6 Å². The average Bonchev–Trinajstić information content (AvgIpc) is 3.80. The third-order valence-electron chi connectivity index (χ3n) is 11.1. The third-order valence-corrected chi connectivity index (χ3v) is 11.8. The number of fused-ring (bicyclic) bond motifs is 5. The number of carbonyl (C=O) groups is 2. The number of hydrogen-bond donors (Lipinski definition) is 1. The first kappa shape index (κ1) is 39.7. The molecule has 0 radical (unpaired) electrons. The summed E-state index contributed by atoms with van der Waals surface area (Å²) in [6.07, 6.45) is 10.3. The molecule has 2 aliphatic rings. The van der Waals surface area contributed by atoms with Gasteiger partial charge in [0.1, 0.15) is 5.75 Å². The monoisotopic (exact) mass is 752 g/mol. The van der Waals surface area contributed by atoms with Gasteiger partial charge in [0.2, 0.25) is 0 Å². The lowest BCUT2D eigenvalue weighted by atomic mass is 9.86. The van der Waals surface area contributed by atoms with E-state index in [-0.39, 0.29) is 35.2 Å². The van der Waals surface area contributed by atoms with E-state index in [4.69, 9.17) is 9.72 Å². The number of imidazole rings is 1. The molecule has 4 aromatic rings. The number of benzene rings is 2. The molecular weight excluding hydrogens is 693 g/mol. The molecule has 4 heterocycles. The largest absolute Gasteiger partial charge is 0.497 e. The van der Waals surface area contributed by atoms with Crippen molar-refractivity contribution >= 4 is 46.3 Å². The Morgan fingerprint density at radius 2 is 1.76 bits per heavy atom. The predicted octanol–water partition coefficient (Wildman–Crippen LogP) is 9.67. The number of likely N-dealkylation sites (N-methyl/N-ethyl adjacent to an activating group) is 1. The maximum atomic E-state index is 14.8. The highest BCUT2D eigenvalue weighted by Gasteiger charge is 2.38. The molecule has 0 spiro atoms. The quantitative estimate of drug-likeness (QED) is 0.129. The second kappa shape index (κ2) is 16.8. The van der Waals surface area contributed by atoms with Crippen molar-refractivity contribution in [1.29, 1.82) is 0 Å². The summed E-state index contributed by atoms with van der Waals surface area (Å²) in [7, 11) is 5.85. The number of methoxy groups -OCH3 is 1. The van der Waals surface area contributed by atoms with E-state index in [2.05, 4.69) is 117 Å². The van der Waals surface area contributed by atoms with Gasteiger partial charge in [0, 0.05) is 52.0 Å². The van der Waals surface area contributed by atoms with Crippen molar-refractivity contribution in [3.8, 4) is 17.0 Å². The van der Waals surface area contributed by atoms with Crippen molar-refractivity contribution in [3.63, 3.8) is 0 Å². The molecule has 2 aromatic carbocycles. The highest BCUT2D eigenvalue weighted by Crippen LogP contribution is 2.47. The number of rotatable bonds is 14. The second-order valence-corrected chi connectivity index (χ2v) is 17.5. The fourth-order valence-electron chi connectivity index (χ4n) is 8.68. The van der Waals surface area contributed by atoms with E-state index in [1.54, 1.807) is 7.11 Å². The third kappa shape index (κ3) is 7.74. The number of nitrogens with zero attached hydrogens (tertiary/aromatic N) is 5. The number of hydrogen-bond acceptors (Lipinski definition) is 6. The first-order valence-electron chi connectivity index (χ1n) is 19.9. The van der Waals surface area contributed by atoms with Crippen LogP contribution in [0.4, 0.5) is 0 Å². The summed E-state index contributed by atoms with van der Waals surface area (Å²) in [5, 5.41) is 1.45. The Balaban J connectivity index is 1.62. The summed E-state index contributed by atoms with van der Waals surface area (Å²) in [4.78, 5) is 37.6. The topological polar surface area (TPSA) is 84.6 Å². The smallest absolute Gasteiger partial charge is 0.275 e. The maximum absolute atomic E-state index is 14.8. The Morgan fingerprint density at radius 1 is 1.02 bits per heavy atom. The molecule has 54 heavy (non-hydrogen) atoms. The zero-order valence-corrected chi connectivity index (χ0v) is 34.8. The predicted molar refractivity (Wildman–Crippen MR) is 224 cm³/mol. The second-order valence-electron chi connectivity index (χ2n) is 16.1. The van der Waals surface area contributed by atoms with Crippen LogP contribution in [0, 0.1) is 0 Å². The fourth-order valence-corrected chi connectivity index (χ4v) is 9.14. The van der Waals surface area contributed by atoms with E-state index in [9.17, 15) is 9.59 Å². The minimum atomic E-state index is -0.0985. The van der Waals surface area contributed by atoms with Gasteiger partial charge in [-0.2, -0.15) is 0 Å². The Bertz CT molecular complexity index is 2020. The van der Waals surface area contributed by atoms with Gasteiger partial charge in [-0.25, -0.2) is 4.98 Å². The number of likely N-dealkylation sites (tertiary alicyclic amines) is 1. The van der Waals surface area contributed by atoms with Crippen LogP contribution in [0.15, 0.2) is 42.7 Å².